The largest absolute Gasteiger partial charge is 0.497 e. The third-order valence-corrected chi connectivity index (χ3v) is 5.39. The molecule has 1 aromatic heterocycles. The Morgan fingerprint density at radius 2 is 1.72 bits per heavy atom. The number of imidazole rings is 1. The molecule has 2 aliphatic heterocycles. The second kappa shape index (κ2) is 6.07. The summed E-state index contributed by atoms with van der Waals surface area (Å²) in [6.45, 7) is 0. The second-order valence-electron chi connectivity index (χ2n) is 7.07. The number of fused-ring (bicyclic) bond motifs is 6. The molecule has 4 aromatic rings. The molecular weight excluding hydrogens is 362 g/mol. The summed E-state index contributed by atoms with van der Waals surface area (Å²) in [7, 11) is 1.67. The third kappa shape index (κ3) is 2.41. The van der Waals surface area contributed by atoms with Crippen molar-refractivity contribution in [1.82, 2.24) is 9.55 Å². The van der Waals surface area contributed by atoms with E-state index in [0.29, 0.717) is 5.90 Å². The zero-order valence-corrected chi connectivity index (χ0v) is 15.7. The molecule has 6 rings (SSSR count). The summed E-state index contributed by atoms with van der Waals surface area (Å²) in [5, 5.41) is 0. The zero-order chi connectivity index (χ0) is 19.4. The summed E-state index contributed by atoms with van der Waals surface area (Å²) in [6.07, 6.45) is 1.85. The van der Waals surface area contributed by atoms with Crippen molar-refractivity contribution in [2.75, 3.05) is 7.11 Å². The zero-order valence-electron chi connectivity index (χ0n) is 15.7. The molecule has 0 saturated heterocycles. The van der Waals surface area contributed by atoms with E-state index in [1.807, 2.05) is 66.7 Å². The van der Waals surface area contributed by atoms with E-state index in [1.165, 1.54) is 0 Å². The maximum Gasteiger partial charge on any atom is 0.228 e. The van der Waals surface area contributed by atoms with Crippen molar-refractivity contribution < 1.29 is 9.47 Å². The van der Waals surface area contributed by atoms with Crippen molar-refractivity contribution in [3.05, 3.63) is 89.7 Å². The van der Waals surface area contributed by atoms with Crippen LogP contribution < -0.4 is 9.47 Å². The summed E-state index contributed by atoms with van der Waals surface area (Å²) in [5.74, 6) is 3.10. The van der Waals surface area contributed by atoms with E-state index in [0.717, 1.165) is 45.1 Å². The number of aromatic nitrogens is 2. The fourth-order valence-electron chi connectivity index (χ4n) is 3.98. The van der Waals surface area contributed by atoms with Crippen LogP contribution in [-0.4, -0.2) is 22.6 Å². The lowest BCUT2D eigenvalue weighted by atomic mass is 10.0. The lowest BCUT2D eigenvalue weighted by Gasteiger charge is -2.28. The molecule has 0 N–H and O–H groups in total. The molecule has 0 unspecified atom stereocenters. The molecule has 0 radical (unpaired) electrons. The Hall–Kier alpha value is -3.86. The van der Waals surface area contributed by atoms with Crippen LogP contribution in [0, 0.1) is 0 Å². The minimum atomic E-state index is -0.263. The highest BCUT2D eigenvalue weighted by Crippen LogP contribution is 2.40. The average Bonchev–Trinajstić information content (AvgIpc) is 3.17. The highest BCUT2D eigenvalue weighted by molar-refractivity contribution is 6.26. The minimum absolute atomic E-state index is 0.263. The predicted octanol–water partition coefficient (Wildman–Crippen LogP) is 4.94. The molecular formula is C24H17N3O2. The van der Waals surface area contributed by atoms with E-state index in [2.05, 4.69) is 16.7 Å². The van der Waals surface area contributed by atoms with E-state index in [-0.39, 0.29) is 6.17 Å². The van der Waals surface area contributed by atoms with Gasteiger partial charge in [0.05, 0.1) is 23.7 Å². The van der Waals surface area contributed by atoms with Gasteiger partial charge < -0.3 is 9.47 Å². The Labute approximate surface area is 167 Å². The Morgan fingerprint density at radius 1 is 0.931 bits per heavy atom. The minimum Gasteiger partial charge on any atom is -0.497 e. The monoisotopic (exact) mass is 379 g/mol. The first kappa shape index (κ1) is 16.1. The number of hydrogen-bond donors (Lipinski definition) is 0. The van der Waals surface area contributed by atoms with Crippen LogP contribution in [0.1, 0.15) is 23.1 Å². The number of aliphatic imine (C=N–C) groups is 1. The predicted molar refractivity (Wildman–Crippen MR) is 113 cm³/mol. The molecule has 0 spiro atoms. The average molecular weight is 379 g/mol. The highest BCUT2D eigenvalue weighted by Gasteiger charge is 2.33. The van der Waals surface area contributed by atoms with Gasteiger partial charge in [0.25, 0.3) is 0 Å². The Morgan fingerprint density at radius 3 is 2.59 bits per heavy atom. The number of ether oxygens (including phenoxy) is 2. The van der Waals surface area contributed by atoms with Gasteiger partial charge in [-0.15, -0.1) is 0 Å². The normalized spacial score (nSPS) is 16.8. The molecule has 0 amide bonds. The van der Waals surface area contributed by atoms with Gasteiger partial charge in [-0.3, -0.25) is 4.57 Å². The molecule has 140 valence electrons. The molecule has 3 heterocycles. The molecule has 0 bridgehead atoms. The third-order valence-electron chi connectivity index (χ3n) is 5.39. The second-order valence-corrected chi connectivity index (χ2v) is 7.07. The quantitative estimate of drug-likeness (QED) is 0.496. The lowest BCUT2D eigenvalue weighted by molar-refractivity contribution is 0.414. The Bertz CT molecular complexity index is 1320. The topological polar surface area (TPSA) is 48.6 Å². The summed E-state index contributed by atoms with van der Waals surface area (Å²) in [6, 6.07) is 24.1. The number of benzene rings is 3. The maximum absolute atomic E-state index is 6.19. The lowest BCUT2D eigenvalue weighted by Crippen LogP contribution is -2.26. The van der Waals surface area contributed by atoms with Gasteiger partial charge in [-0.2, -0.15) is 0 Å². The van der Waals surface area contributed by atoms with E-state index in [9.17, 15) is 0 Å². The summed E-state index contributed by atoms with van der Waals surface area (Å²) < 4.78 is 13.7. The number of hydrogen-bond acceptors (Lipinski definition) is 4. The first-order valence-corrected chi connectivity index (χ1v) is 9.50. The van der Waals surface area contributed by atoms with E-state index < -0.39 is 0 Å². The first-order valence-electron chi connectivity index (χ1n) is 9.50. The van der Waals surface area contributed by atoms with Crippen molar-refractivity contribution in [2.45, 2.75) is 6.17 Å². The van der Waals surface area contributed by atoms with Gasteiger partial charge in [-0.1, -0.05) is 42.5 Å². The Kier molecular flexibility index (Phi) is 3.38. The van der Waals surface area contributed by atoms with E-state index in [1.54, 1.807) is 7.11 Å². The van der Waals surface area contributed by atoms with Crippen LogP contribution in [0.5, 0.6) is 11.5 Å². The summed E-state index contributed by atoms with van der Waals surface area (Å²) in [4.78, 5) is 9.93. The molecule has 0 aliphatic carbocycles. The SMILES string of the molecule is COc1ccc([C@H]2N=C3Oc4ccccc4C=C3c3nc4ccccc4n32)cc1. The fourth-order valence-corrected chi connectivity index (χ4v) is 3.98. The van der Waals surface area contributed by atoms with Gasteiger partial charge in [-0.25, -0.2) is 9.98 Å². The standard InChI is InChI=1S/C24H17N3O2/c1-28-17-12-10-15(11-13-17)22-26-24-18(14-16-6-2-5-9-21(16)29-24)23-25-19-7-3-4-8-20(19)27(22)23/h2-14,22H,1H3/t22-/m0/s1. The van der Waals surface area contributed by atoms with Crippen molar-refractivity contribution in [1.29, 1.82) is 0 Å². The first-order chi connectivity index (χ1) is 14.3. The smallest absolute Gasteiger partial charge is 0.228 e. The van der Waals surface area contributed by atoms with Gasteiger partial charge in [0.1, 0.15) is 17.3 Å². The van der Waals surface area contributed by atoms with Crippen LogP contribution >= 0.6 is 0 Å². The van der Waals surface area contributed by atoms with Crippen molar-refractivity contribution in [2.24, 2.45) is 4.99 Å². The molecule has 1 atom stereocenters. The summed E-state index contributed by atoms with van der Waals surface area (Å²) in [5.41, 5.74) is 4.97. The van der Waals surface area contributed by atoms with Crippen LogP contribution in [-0.2, 0) is 0 Å². The van der Waals surface area contributed by atoms with E-state index in [4.69, 9.17) is 19.5 Å². The van der Waals surface area contributed by atoms with Crippen LogP contribution in [0.3, 0.4) is 0 Å². The molecule has 5 heteroatoms. The van der Waals surface area contributed by atoms with Crippen molar-refractivity contribution in [3.63, 3.8) is 0 Å². The molecule has 5 nitrogen and oxygen atoms in total. The molecule has 0 saturated carbocycles. The van der Waals surface area contributed by atoms with Crippen LogP contribution in [0.4, 0.5) is 0 Å². The van der Waals surface area contributed by atoms with Crippen LogP contribution in [0.25, 0.3) is 22.7 Å². The van der Waals surface area contributed by atoms with E-state index >= 15 is 0 Å². The molecule has 2 aliphatic rings. The highest BCUT2D eigenvalue weighted by atomic mass is 16.5. The van der Waals surface area contributed by atoms with Gasteiger partial charge in [0.15, 0.2) is 6.17 Å². The van der Waals surface area contributed by atoms with Crippen LogP contribution in [0.2, 0.25) is 0 Å². The molecule has 3 aromatic carbocycles. The summed E-state index contributed by atoms with van der Waals surface area (Å²) >= 11 is 0. The number of methoxy groups -OCH3 is 1. The Balaban J connectivity index is 1.61. The maximum atomic E-state index is 6.19. The van der Waals surface area contributed by atoms with Crippen molar-refractivity contribution in [3.8, 4) is 11.5 Å². The number of nitrogens with zero attached hydrogens (tertiary/aromatic N) is 3. The van der Waals surface area contributed by atoms with Gasteiger partial charge >= 0.3 is 0 Å². The van der Waals surface area contributed by atoms with Gasteiger partial charge in [-0.05, 0) is 42.0 Å². The van der Waals surface area contributed by atoms with Gasteiger partial charge in [0.2, 0.25) is 5.90 Å². The fraction of sp³-hybridized carbons (Fsp3) is 0.0833. The number of rotatable bonds is 2. The number of para-hydroxylation sites is 3. The van der Waals surface area contributed by atoms with Crippen molar-refractivity contribution >= 4 is 28.6 Å². The van der Waals surface area contributed by atoms with Gasteiger partial charge in [0, 0.05) is 5.56 Å². The molecule has 29 heavy (non-hydrogen) atoms. The molecule has 0 fully saturated rings. The van der Waals surface area contributed by atoms with Crippen LogP contribution in [0.15, 0.2) is 77.8 Å².